The fourth-order valence-electron chi connectivity index (χ4n) is 2.84. The third-order valence-corrected chi connectivity index (χ3v) is 4.14. The number of hydrogen-bond donors (Lipinski definition) is 2. The van der Waals surface area contributed by atoms with Gasteiger partial charge in [0.05, 0.1) is 18.8 Å². The highest BCUT2D eigenvalue weighted by molar-refractivity contribution is 5.93. The Hall–Kier alpha value is -2.28. The Morgan fingerprint density at radius 1 is 1.40 bits per heavy atom. The number of likely N-dealkylation sites (tertiary alicyclic amines) is 1. The number of para-hydroxylation sites is 2. The molecule has 0 aromatic heterocycles. The van der Waals surface area contributed by atoms with E-state index in [1.165, 1.54) is 19.3 Å². The minimum Gasteiger partial charge on any atom is -0.492 e. The molecule has 2 rings (SSSR count). The Balaban J connectivity index is 1.77. The number of piperidine rings is 1. The number of rotatable bonds is 8. The molecule has 1 aliphatic heterocycles. The molecule has 138 valence electrons. The molecule has 1 heterocycles. The number of anilines is 1. The number of oxime groups is 1. The summed E-state index contributed by atoms with van der Waals surface area (Å²) in [4.78, 5) is 19.4. The zero-order valence-corrected chi connectivity index (χ0v) is 15.0. The van der Waals surface area contributed by atoms with E-state index >= 15 is 0 Å². The van der Waals surface area contributed by atoms with Gasteiger partial charge in [0.15, 0.2) is 12.4 Å². The molecule has 1 aliphatic rings. The first-order valence-electron chi connectivity index (χ1n) is 8.80. The van der Waals surface area contributed by atoms with E-state index in [1.807, 2.05) is 19.1 Å². The number of amidine groups is 1. The van der Waals surface area contributed by atoms with E-state index < -0.39 is 0 Å². The van der Waals surface area contributed by atoms with E-state index in [9.17, 15) is 4.79 Å². The number of benzene rings is 1. The second kappa shape index (κ2) is 9.88. The summed E-state index contributed by atoms with van der Waals surface area (Å²) in [7, 11) is 0. The highest BCUT2D eigenvalue weighted by atomic mass is 16.6. The van der Waals surface area contributed by atoms with Crippen LogP contribution >= 0.6 is 0 Å². The lowest BCUT2D eigenvalue weighted by Gasteiger charge is -2.32. The zero-order chi connectivity index (χ0) is 18.1. The van der Waals surface area contributed by atoms with Gasteiger partial charge < -0.3 is 20.6 Å². The van der Waals surface area contributed by atoms with Gasteiger partial charge in [-0.1, -0.05) is 23.7 Å². The summed E-state index contributed by atoms with van der Waals surface area (Å²) in [5.41, 5.74) is 6.51. The molecule has 1 aromatic rings. The average Bonchev–Trinajstić information content (AvgIpc) is 2.59. The number of amides is 1. The minimum atomic E-state index is -0.310. The molecule has 0 radical (unpaired) electrons. The van der Waals surface area contributed by atoms with Crippen LogP contribution in [0.5, 0.6) is 5.75 Å². The van der Waals surface area contributed by atoms with E-state index in [4.69, 9.17) is 15.3 Å². The summed E-state index contributed by atoms with van der Waals surface area (Å²) in [6.07, 6.45) is 3.62. The van der Waals surface area contributed by atoms with E-state index in [-0.39, 0.29) is 12.5 Å². The lowest BCUT2D eigenvalue weighted by molar-refractivity contribution is -0.120. The van der Waals surface area contributed by atoms with Crippen molar-refractivity contribution in [2.75, 3.05) is 31.6 Å². The molecule has 1 saturated heterocycles. The molecule has 1 amide bonds. The number of hydrogen-bond acceptors (Lipinski definition) is 5. The summed E-state index contributed by atoms with van der Waals surface area (Å²) < 4.78 is 5.47. The standard InChI is InChI=1S/C18H28N4O3/c1-3-24-16-10-5-4-9-15(16)20-18(23)13-25-21-17(19)12-22-11-7-6-8-14(22)2/h4-5,9-10,14H,3,6-8,11-13H2,1-2H3,(H2,19,21)(H,20,23)/t14-/m1/s1. The van der Waals surface area contributed by atoms with Gasteiger partial charge in [0.2, 0.25) is 0 Å². The molecular formula is C18H28N4O3. The average molecular weight is 348 g/mol. The van der Waals surface area contributed by atoms with Gasteiger partial charge >= 0.3 is 0 Å². The molecule has 1 fully saturated rings. The Morgan fingerprint density at radius 3 is 2.96 bits per heavy atom. The molecular weight excluding hydrogens is 320 g/mol. The zero-order valence-electron chi connectivity index (χ0n) is 15.0. The molecule has 25 heavy (non-hydrogen) atoms. The molecule has 3 N–H and O–H groups in total. The van der Waals surface area contributed by atoms with Gasteiger partial charge in [-0.3, -0.25) is 9.69 Å². The lowest BCUT2D eigenvalue weighted by Crippen LogP contribution is -2.42. The van der Waals surface area contributed by atoms with Crippen LogP contribution in [0.25, 0.3) is 0 Å². The Kier molecular flexibility index (Phi) is 7.53. The second-order valence-electron chi connectivity index (χ2n) is 6.15. The predicted octanol–water partition coefficient (Wildman–Crippen LogP) is 2.19. The highest BCUT2D eigenvalue weighted by Crippen LogP contribution is 2.23. The van der Waals surface area contributed by atoms with Gasteiger partial charge in [0, 0.05) is 6.04 Å². The Bertz CT molecular complexity index is 591. The molecule has 0 bridgehead atoms. The molecule has 7 heteroatoms. The molecule has 0 saturated carbocycles. The Morgan fingerprint density at radius 2 is 2.20 bits per heavy atom. The number of ether oxygens (including phenoxy) is 1. The van der Waals surface area contributed by atoms with E-state index in [0.29, 0.717) is 36.5 Å². The molecule has 1 atom stereocenters. The van der Waals surface area contributed by atoms with Crippen LogP contribution in [0.3, 0.4) is 0 Å². The highest BCUT2D eigenvalue weighted by Gasteiger charge is 2.19. The molecule has 0 unspecified atom stereocenters. The minimum absolute atomic E-state index is 0.198. The van der Waals surface area contributed by atoms with Crippen molar-refractivity contribution in [3.8, 4) is 5.75 Å². The molecule has 0 aliphatic carbocycles. The van der Waals surface area contributed by atoms with Crippen LogP contribution in [0.4, 0.5) is 5.69 Å². The van der Waals surface area contributed by atoms with Crippen LogP contribution in [-0.4, -0.2) is 49.0 Å². The number of nitrogens with zero attached hydrogens (tertiary/aromatic N) is 2. The summed E-state index contributed by atoms with van der Waals surface area (Å²) in [6.45, 7) is 6.00. The third-order valence-electron chi connectivity index (χ3n) is 4.14. The van der Waals surface area contributed by atoms with E-state index in [2.05, 4.69) is 22.3 Å². The van der Waals surface area contributed by atoms with Crippen molar-refractivity contribution < 1.29 is 14.4 Å². The van der Waals surface area contributed by atoms with Crippen molar-refractivity contribution in [1.82, 2.24) is 4.90 Å². The molecule has 1 aromatic carbocycles. The maximum atomic E-state index is 12.0. The normalized spacial score (nSPS) is 18.6. The first kappa shape index (κ1) is 19.1. The van der Waals surface area contributed by atoms with E-state index in [0.717, 1.165) is 6.54 Å². The monoisotopic (exact) mass is 348 g/mol. The maximum absolute atomic E-state index is 12.0. The smallest absolute Gasteiger partial charge is 0.265 e. The number of carbonyl (C=O) groups excluding carboxylic acids is 1. The first-order chi connectivity index (χ1) is 12.1. The van der Waals surface area contributed by atoms with Crippen molar-refractivity contribution in [2.24, 2.45) is 10.9 Å². The molecule has 0 spiro atoms. The third kappa shape index (κ3) is 6.26. The van der Waals surface area contributed by atoms with Crippen molar-refractivity contribution in [1.29, 1.82) is 0 Å². The van der Waals surface area contributed by atoms with Crippen LogP contribution in [0.15, 0.2) is 29.4 Å². The maximum Gasteiger partial charge on any atom is 0.265 e. The molecule has 7 nitrogen and oxygen atoms in total. The van der Waals surface area contributed by atoms with Gasteiger partial charge in [-0.05, 0) is 45.4 Å². The summed E-state index contributed by atoms with van der Waals surface area (Å²) in [5.74, 6) is 0.701. The quantitative estimate of drug-likeness (QED) is 0.427. The first-order valence-corrected chi connectivity index (χ1v) is 8.80. The SMILES string of the molecule is CCOc1ccccc1NC(=O)CO/N=C(\N)CN1CCCC[C@H]1C. The van der Waals surface area contributed by atoms with Gasteiger partial charge in [-0.2, -0.15) is 0 Å². The topological polar surface area (TPSA) is 89.2 Å². The summed E-state index contributed by atoms with van der Waals surface area (Å²) >= 11 is 0. The number of nitrogens with one attached hydrogen (secondary N) is 1. The van der Waals surface area contributed by atoms with E-state index in [1.54, 1.807) is 12.1 Å². The number of nitrogens with two attached hydrogens (primary N) is 1. The summed E-state index contributed by atoms with van der Waals surface area (Å²) in [6, 6.07) is 7.76. The van der Waals surface area contributed by atoms with Crippen molar-refractivity contribution in [2.45, 2.75) is 39.2 Å². The van der Waals surface area contributed by atoms with Gasteiger partial charge in [-0.25, -0.2) is 0 Å². The van der Waals surface area contributed by atoms with Crippen LogP contribution < -0.4 is 15.8 Å². The predicted molar refractivity (Wildman–Crippen MR) is 98.7 cm³/mol. The van der Waals surface area contributed by atoms with Crippen LogP contribution in [0.2, 0.25) is 0 Å². The van der Waals surface area contributed by atoms with Gasteiger partial charge in [0.25, 0.3) is 5.91 Å². The van der Waals surface area contributed by atoms with Crippen molar-refractivity contribution in [3.05, 3.63) is 24.3 Å². The van der Waals surface area contributed by atoms with Crippen LogP contribution in [-0.2, 0) is 9.63 Å². The van der Waals surface area contributed by atoms with Gasteiger partial charge in [0.1, 0.15) is 5.75 Å². The largest absolute Gasteiger partial charge is 0.492 e. The van der Waals surface area contributed by atoms with Crippen LogP contribution in [0.1, 0.15) is 33.1 Å². The van der Waals surface area contributed by atoms with Crippen molar-refractivity contribution >= 4 is 17.4 Å². The van der Waals surface area contributed by atoms with Crippen LogP contribution in [0, 0.1) is 0 Å². The summed E-state index contributed by atoms with van der Waals surface area (Å²) in [5, 5.41) is 6.60. The van der Waals surface area contributed by atoms with Crippen molar-refractivity contribution in [3.63, 3.8) is 0 Å². The number of carbonyl (C=O) groups is 1. The fourth-order valence-corrected chi connectivity index (χ4v) is 2.84. The Labute approximate surface area is 149 Å². The second-order valence-corrected chi connectivity index (χ2v) is 6.15. The van der Waals surface area contributed by atoms with Gasteiger partial charge in [-0.15, -0.1) is 0 Å². The fraction of sp³-hybridized carbons (Fsp3) is 0.556. The lowest BCUT2D eigenvalue weighted by atomic mass is 10.0.